The number of carbonyl (C=O) groups excluding carboxylic acids is 1. The van der Waals surface area contributed by atoms with Crippen LogP contribution in [0.4, 0.5) is 0 Å². The molecule has 1 heterocycles. The van der Waals surface area contributed by atoms with Gasteiger partial charge in [0.25, 0.3) is 0 Å². The van der Waals surface area contributed by atoms with Crippen LogP contribution in [0.2, 0.25) is 0 Å². The van der Waals surface area contributed by atoms with Crippen molar-refractivity contribution in [3.8, 4) is 0 Å². The summed E-state index contributed by atoms with van der Waals surface area (Å²) in [6.45, 7) is 1.05. The smallest absolute Gasteiger partial charge is 0.306 e. The predicted molar refractivity (Wildman–Crippen MR) is 71.5 cm³/mol. The molecule has 1 N–H and O–H groups in total. The molecule has 0 spiro atoms. The number of piperidine rings is 1. The second-order valence-corrected chi connectivity index (χ2v) is 4.85. The van der Waals surface area contributed by atoms with Gasteiger partial charge in [-0.2, -0.15) is 0 Å². The number of ether oxygens (including phenoxy) is 1. The molecule has 0 amide bonds. The summed E-state index contributed by atoms with van der Waals surface area (Å²) in [7, 11) is 1.46. The fourth-order valence-corrected chi connectivity index (χ4v) is 2.68. The molecule has 0 aliphatic carbocycles. The molecule has 1 aliphatic rings. The molecule has 0 bridgehead atoms. The molecule has 0 radical (unpaired) electrons. The second kappa shape index (κ2) is 6.55. The Hall–Kier alpha value is -1.35. The number of rotatable bonds is 4. The summed E-state index contributed by atoms with van der Waals surface area (Å²) in [5.74, 6) is 0.0928. The van der Waals surface area contributed by atoms with E-state index < -0.39 is 0 Å². The van der Waals surface area contributed by atoms with Gasteiger partial charge in [-0.1, -0.05) is 36.8 Å². The largest absolute Gasteiger partial charge is 0.469 e. The minimum absolute atomic E-state index is 0.128. The Morgan fingerprint density at radius 2 is 2.17 bits per heavy atom. The maximum absolute atomic E-state index is 11.6. The molecule has 1 fully saturated rings. The maximum Gasteiger partial charge on any atom is 0.306 e. The fourth-order valence-electron chi connectivity index (χ4n) is 2.68. The molecular formula is C15H21NO2. The summed E-state index contributed by atoms with van der Waals surface area (Å²) in [6.07, 6.45) is 4.06. The van der Waals surface area contributed by atoms with Gasteiger partial charge in [0.05, 0.1) is 13.5 Å². The van der Waals surface area contributed by atoms with E-state index >= 15 is 0 Å². The molecule has 0 aromatic heterocycles. The van der Waals surface area contributed by atoms with Crippen molar-refractivity contribution >= 4 is 5.97 Å². The number of hydrogen-bond acceptors (Lipinski definition) is 3. The first kappa shape index (κ1) is 13.1. The Bertz CT molecular complexity index is 371. The molecule has 2 rings (SSSR count). The standard InChI is InChI=1S/C15H21NO2/c1-18-15(17)11-13(12-7-3-2-4-8-12)14-9-5-6-10-16-14/h2-4,7-8,13-14,16H,5-6,9-11H2,1H3/t13-,14?/m1/s1. The highest BCUT2D eigenvalue weighted by atomic mass is 16.5. The van der Waals surface area contributed by atoms with E-state index in [4.69, 9.17) is 4.74 Å². The Labute approximate surface area is 109 Å². The zero-order chi connectivity index (χ0) is 12.8. The van der Waals surface area contributed by atoms with Gasteiger partial charge in [-0.3, -0.25) is 4.79 Å². The molecule has 1 unspecified atom stereocenters. The zero-order valence-electron chi connectivity index (χ0n) is 10.9. The zero-order valence-corrected chi connectivity index (χ0v) is 10.9. The van der Waals surface area contributed by atoms with Crippen LogP contribution in [-0.4, -0.2) is 25.7 Å². The molecule has 2 atom stereocenters. The Morgan fingerprint density at radius 3 is 2.78 bits per heavy atom. The van der Waals surface area contributed by atoms with Crippen molar-refractivity contribution in [1.29, 1.82) is 0 Å². The molecule has 0 saturated carbocycles. The van der Waals surface area contributed by atoms with E-state index in [-0.39, 0.29) is 11.9 Å². The molecule has 1 aromatic carbocycles. The van der Waals surface area contributed by atoms with Crippen LogP contribution < -0.4 is 5.32 Å². The summed E-state index contributed by atoms with van der Waals surface area (Å²) in [4.78, 5) is 11.6. The van der Waals surface area contributed by atoms with E-state index in [1.165, 1.54) is 25.5 Å². The third kappa shape index (κ3) is 3.33. The molecule has 98 valence electrons. The second-order valence-electron chi connectivity index (χ2n) is 4.85. The number of esters is 1. The van der Waals surface area contributed by atoms with Crippen LogP contribution in [0.25, 0.3) is 0 Å². The molecule has 1 aromatic rings. The quantitative estimate of drug-likeness (QED) is 0.831. The summed E-state index contributed by atoms with van der Waals surface area (Å²) in [5, 5.41) is 3.54. The third-order valence-corrected chi connectivity index (χ3v) is 3.68. The number of benzene rings is 1. The normalized spacial score (nSPS) is 21.3. The van der Waals surface area contributed by atoms with Crippen LogP contribution in [-0.2, 0) is 9.53 Å². The van der Waals surface area contributed by atoms with Gasteiger partial charge in [0.2, 0.25) is 0 Å². The number of hydrogen-bond donors (Lipinski definition) is 1. The van der Waals surface area contributed by atoms with Crippen LogP contribution in [0, 0.1) is 0 Å². The van der Waals surface area contributed by atoms with Gasteiger partial charge in [0.15, 0.2) is 0 Å². The highest BCUT2D eigenvalue weighted by Gasteiger charge is 2.27. The number of carbonyl (C=O) groups is 1. The van der Waals surface area contributed by atoms with Crippen LogP contribution >= 0.6 is 0 Å². The van der Waals surface area contributed by atoms with E-state index in [0.29, 0.717) is 12.5 Å². The van der Waals surface area contributed by atoms with Crippen molar-refractivity contribution in [3.63, 3.8) is 0 Å². The predicted octanol–water partition coefficient (Wildman–Crippen LogP) is 2.48. The van der Waals surface area contributed by atoms with Crippen molar-refractivity contribution in [2.24, 2.45) is 0 Å². The average molecular weight is 247 g/mol. The SMILES string of the molecule is COC(=O)C[C@H](c1ccccc1)C1CCCCN1. The highest BCUT2D eigenvalue weighted by molar-refractivity contribution is 5.70. The fraction of sp³-hybridized carbons (Fsp3) is 0.533. The van der Waals surface area contributed by atoms with E-state index in [1.807, 2.05) is 18.2 Å². The van der Waals surface area contributed by atoms with Crippen LogP contribution in [0.1, 0.15) is 37.2 Å². The Balaban J connectivity index is 2.14. The molecule has 18 heavy (non-hydrogen) atoms. The van der Waals surface area contributed by atoms with E-state index in [1.54, 1.807) is 0 Å². The van der Waals surface area contributed by atoms with Gasteiger partial charge in [-0.25, -0.2) is 0 Å². The lowest BCUT2D eigenvalue weighted by Crippen LogP contribution is -2.39. The topological polar surface area (TPSA) is 38.3 Å². The average Bonchev–Trinajstić information content (AvgIpc) is 2.46. The van der Waals surface area contributed by atoms with Gasteiger partial charge in [-0.05, 0) is 24.9 Å². The summed E-state index contributed by atoms with van der Waals surface area (Å²) < 4.78 is 4.83. The lowest BCUT2D eigenvalue weighted by atomic mass is 9.84. The first-order valence-corrected chi connectivity index (χ1v) is 6.66. The molecule has 3 heteroatoms. The van der Waals surface area contributed by atoms with Gasteiger partial charge in [-0.15, -0.1) is 0 Å². The van der Waals surface area contributed by atoms with Crippen molar-refractivity contribution in [2.75, 3.05) is 13.7 Å². The molecule has 3 nitrogen and oxygen atoms in total. The Kier molecular flexibility index (Phi) is 4.76. The Morgan fingerprint density at radius 1 is 1.39 bits per heavy atom. The van der Waals surface area contributed by atoms with Gasteiger partial charge < -0.3 is 10.1 Å². The van der Waals surface area contributed by atoms with E-state index in [9.17, 15) is 4.79 Å². The lowest BCUT2D eigenvalue weighted by Gasteiger charge is -2.31. The van der Waals surface area contributed by atoms with Gasteiger partial charge in [0.1, 0.15) is 0 Å². The first-order valence-electron chi connectivity index (χ1n) is 6.66. The third-order valence-electron chi connectivity index (χ3n) is 3.68. The van der Waals surface area contributed by atoms with Gasteiger partial charge >= 0.3 is 5.97 Å². The maximum atomic E-state index is 11.6. The van der Waals surface area contributed by atoms with Crippen molar-refractivity contribution < 1.29 is 9.53 Å². The van der Waals surface area contributed by atoms with Crippen LogP contribution in [0.3, 0.4) is 0 Å². The highest BCUT2D eigenvalue weighted by Crippen LogP contribution is 2.28. The van der Waals surface area contributed by atoms with Crippen molar-refractivity contribution in [3.05, 3.63) is 35.9 Å². The molecule has 1 aliphatic heterocycles. The minimum atomic E-state index is -0.128. The van der Waals surface area contributed by atoms with Gasteiger partial charge in [0, 0.05) is 12.0 Å². The van der Waals surface area contributed by atoms with Crippen molar-refractivity contribution in [1.82, 2.24) is 5.32 Å². The monoisotopic (exact) mass is 247 g/mol. The molecule has 1 saturated heterocycles. The lowest BCUT2D eigenvalue weighted by molar-refractivity contribution is -0.141. The summed E-state index contributed by atoms with van der Waals surface area (Å²) in [6, 6.07) is 10.7. The van der Waals surface area contributed by atoms with E-state index in [2.05, 4.69) is 17.4 Å². The number of nitrogens with one attached hydrogen (secondary N) is 1. The minimum Gasteiger partial charge on any atom is -0.469 e. The first-order chi connectivity index (χ1) is 8.81. The van der Waals surface area contributed by atoms with Crippen LogP contribution in [0.5, 0.6) is 0 Å². The summed E-state index contributed by atoms with van der Waals surface area (Å²) >= 11 is 0. The summed E-state index contributed by atoms with van der Waals surface area (Å²) in [5.41, 5.74) is 1.22. The van der Waals surface area contributed by atoms with Crippen molar-refractivity contribution in [2.45, 2.75) is 37.6 Å². The number of methoxy groups -OCH3 is 1. The van der Waals surface area contributed by atoms with E-state index in [0.717, 1.165) is 13.0 Å². The van der Waals surface area contributed by atoms with Crippen LogP contribution in [0.15, 0.2) is 30.3 Å². The molecular weight excluding hydrogens is 226 g/mol.